The molecule has 0 spiro atoms. The van der Waals surface area contributed by atoms with Crippen LogP contribution in [0.5, 0.6) is 0 Å². The average Bonchev–Trinajstić information content (AvgIpc) is 2.26. The number of rotatable bonds is 5. The van der Waals surface area contributed by atoms with Gasteiger partial charge in [-0.3, -0.25) is 0 Å². The Bertz CT molecular complexity index is 306. The lowest BCUT2D eigenvalue weighted by Gasteiger charge is -2.17. The first-order valence-electron chi connectivity index (χ1n) is 4.92. The van der Waals surface area contributed by atoms with Crippen molar-refractivity contribution >= 4 is 15.9 Å². The van der Waals surface area contributed by atoms with Gasteiger partial charge in [-0.05, 0) is 18.6 Å². The Hall–Kier alpha value is -0.420. The van der Waals surface area contributed by atoms with Gasteiger partial charge in [-0.2, -0.15) is 0 Å². The van der Waals surface area contributed by atoms with Crippen LogP contribution in [-0.2, 0) is 0 Å². The maximum absolute atomic E-state index is 9.20. The first-order chi connectivity index (χ1) is 7.15. The Morgan fingerprint density at radius 2 is 2.07 bits per heavy atom. The Balaban J connectivity index is 2.54. The first-order valence-corrected chi connectivity index (χ1v) is 5.71. The summed E-state index contributed by atoms with van der Waals surface area (Å²) in [5.41, 5.74) is 1.14. The van der Waals surface area contributed by atoms with Crippen molar-refractivity contribution < 1.29 is 10.2 Å². The summed E-state index contributed by atoms with van der Waals surface area (Å²) in [6.07, 6.45) is -0.699. The molecule has 84 valence electrons. The molecule has 1 rings (SSSR count). The third kappa shape index (κ3) is 3.91. The lowest BCUT2D eigenvalue weighted by molar-refractivity contribution is 0.0923. The van der Waals surface area contributed by atoms with E-state index >= 15 is 0 Å². The van der Waals surface area contributed by atoms with Gasteiger partial charge in [0.1, 0.15) is 0 Å². The molecule has 0 bridgehead atoms. The third-order valence-electron chi connectivity index (χ3n) is 2.24. The topological polar surface area (TPSA) is 52.5 Å². The Labute approximate surface area is 98.3 Å². The minimum atomic E-state index is -0.699. The number of aliphatic hydroxyl groups is 2. The minimum Gasteiger partial charge on any atom is -0.394 e. The van der Waals surface area contributed by atoms with Gasteiger partial charge < -0.3 is 15.5 Å². The fourth-order valence-corrected chi connectivity index (χ4v) is 1.94. The zero-order valence-electron chi connectivity index (χ0n) is 8.65. The molecule has 0 aliphatic carbocycles. The van der Waals surface area contributed by atoms with Crippen LogP contribution in [0, 0.1) is 0 Å². The molecule has 0 heterocycles. The van der Waals surface area contributed by atoms with E-state index in [1.807, 2.05) is 31.2 Å². The summed E-state index contributed by atoms with van der Waals surface area (Å²) < 4.78 is 1.04. The molecule has 0 aliphatic rings. The molecule has 1 aromatic rings. The van der Waals surface area contributed by atoms with Crippen LogP contribution in [-0.4, -0.2) is 29.5 Å². The van der Waals surface area contributed by atoms with Gasteiger partial charge in [-0.25, -0.2) is 0 Å². The average molecular weight is 274 g/mol. The largest absolute Gasteiger partial charge is 0.394 e. The van der Waals surface area contributed by atoms with E-state index in [1.165, 1.54) is 0 Å². The molecule has 0 fully saturated rings. The molecule has 0 aliphatic heterocycles. The molecule has 15 heavy (non-hydrogen) atoms. The van der Waals surface area contributed by atoms with Crippen molar-refractivity contribution in [3.8, 4) is 0 Å². The van der Waals surface area contributed by atoms with Gasteiger partial charge in [0.15, 0.2) is 0 Å². The van der Waals surface area contributed by atoms with Gasteiger partial charge in [0.05, 0.1) is 12.7 Å². The number of halogens is 1. The van der Waals surface area contributed by atoms with E-state index in [-0.39, 0.29) is 12.6 Å². The highest BCUT2D eigenvalue weighted by molar-refractivity contribution is 9.10. The summed E-state index contributed by atoms with van der Waals surface area (Å²) in [6.45, 7) is 2.19. The molecular weight excluding hydrogens is 258 g/mol. The summed E-state index contributed by atoms with van der Waals surface area (Å²) in [5.74, 6) is 0. The normalized spacial score (nSPS) is 14.9. The molecule has 2 atom stereocenters. The van der Waals surface area contributed by atoms with E-state index in [0.717, 1.165) is 10.0 Å². The molecule has 0 saturated carbocycles. The van der Waals surface area contributed by atoms with E-state index in [2.05, 4.69) is 21.2 Å². The van der Waals surface area contributed by atoms with Crippen molar-refractivity contribution in [1.29, 1.82) is 0 Å². The van der Waals surface area contributed by atoms with Crippen molar-refractivity contribution in [1.82, 2.24) is 5.32 Å². The third-order valence-corrected chi connectivity index (χ3v) is 2.96. The Kier molecular flexibility index (Phi) is 5.25. The zero-order chi connectivity index (χ0) is 11.3. The highest BCUT2D eigenvalue weighted by Gasteiger charge is 2.09. The quantitative estimate of drug-likeness (QED) is 0.761. The fraction of sp³-hybridized carbons (Fsp3) is 0.455. The summed E-state index contributed by atoms with van der Waals surface area (Å²) in [7, 11) is 0. The summed E-state index contributed by atoms with van der Waals surface area (Å²) >= 11 is 3.47. The van der Waals surface area contributed by atoms with Crippen molar-refractivity contribution in [3.05, 3.63) is 34.3 Å². The molecule has 3 nitrogen and oxygen atoms in total. The van der Waals surface area contributed by atoms with Gasteiger partial charge in [-0.15, -0.1) is 0 Å². The van der Waals surface area contributed by atoms with Crippen molar-refractivity contribution in [2.24, 2.45) is 0 Å². The predicted octanol–water partition coefficient (Wildman–Crippen LogP) is 1.45. The van der Waals surface area contributed by atoms with Crippen LogP contribution in [0.1, 0.15) is 18.5 Å². The Morgan fingerprint density at radius 1 is 1.40 bits per heavy atom. The standard InChI is InChI=1S/C11H16BrNO2/c1-8(13-6-9(15)7-14)10-4-2-3-5-11(10)12/h2-5,8-9,13-15H,6-7H2,1H3/t8-,9?/m0/s1. The van der Waals surface area contributed by atoms with Crippen LogP contribution in [0.15, 0.2) is 28.7 Å². The Morgan fingerprint density at radius 3 is 2.67 bits per heavy atom. The van der Waals surface area contributed by atoms with Crippen LogP contribution >= 0.6 is 15.9 Å². The van der Waals surface area contributed by atoms with E-state index in [0.29, 0.717) is 6.54 Å². The molecule has 4 heteroatoms. The van der Waals surface area contributed by atoms with Crippen molar-refractivity contribution in [2.75, 3.05) is 13.2 Å². The maximum Gasteiger partial charge on any atom is 0.0895 e. The van der Waals surface area contributed by atoms with Crippen LogP contribution in [0.4, 0.5) is 0 Å². The highest BCUT2D eigenvalue weighted by atomic mass is 79.9. The monoisotopic (exact) mass is 273 g/mol. The maximum atomic E-state index is 9.20. The molecule has 0 radical (unpaired) electrons. The molecule has 1 unspecified atom stereocenters. The van der Waals surface area contributed by atoms with Crippen LogP contribution < -0.4 is 5.32 Å². The van der Waals surface area contributed by atoms with E-state index < -0.39 is 6.10 Å². The summed E-state index contributed by atoms with van der Waals surface area (Å²) in [5, 5.41) is 21.0. The molecule has 1 aromatic carbocycles. The van der Waals surface area contributed by atoms with Gasteiger partial charge in [0, 0.05) is 17.1 Å². The number of hydrogen-bond acceptors (Lipinski definition) is 3. The van der Waals surface area contributed by atoms with Crippen LogP contribution in [0.3, 0.4) is 0 Å². The van der Waals surface area contributed by atoms with Crippen molar-refractivity contribution in [2.45, 2.75) is 19.1 Å². The van der Waals surface area contributed by atoms with Crippen LogP contribution in [0.25, 0.3) is 0 Å². The van der Waals surface area contributed by atoms with E-state index in [9.17, 15) is 5.11 Å². The van der Waals surface area contributed by atoms with E-state index in [1.54, 1.807) is 0 Å². The molecule has 0 aromatic heterocycles. The number of aliphatic hydroxyl groups excluding tert-OH is 2. The fourth-order valence-electron chi connectivity index (χ4n) is 1.31. The second-order valence-electron chi connectivity index (χ2n) is 3.49. The van der Waals surface area contributed by atoms with Crippen molar-refractivity contribution in [3.63, 3.8) is 0 Å². The first kappa shape index (κ1) is 12.6. The van der Waals surface area contributed by atoms with Crippen LogP contribution in [0.2, 0.25) is 0 Å². The van der Waals surface area contributed by atoms with Gasteiger partial charge in [-0.1, -0.05) is 34.1 Å². The van der Waals surface area contributed by atoms with Gasteiger partial charge in [0.2, 0.25) is 0 Å². The highest BCUT2D eigenvalue weighted by Crippen LogP contribution is 2.22. The second kappa shape index (κ2) is 6.23. The molecule has 0 saturated heterocycles. The van der Waals surface area contributed by atoms with Gasteiger partial charge >= 0.3 is 0 Å². The zero-order valence-corrected chi connectivity index (χ0v) is 10.2. The summed E-state index contributed by atoms with van der Waals surface area (Å²) in [4.78, 5) is 0. The lowest BCUT2D eigenvalue weighted by Crippen LogP contribution is -2.31. The number of hydrogen-bond donors (Lipinski definition) is 3. The van der Waals surface area contributed by atoms with E-state index in [4.69, 9.17) is 5.11 Å². The summed E-state index contributed by atoms with van der Waals surface area (Å²) in [6, 6.07) is 8.08. The predicted molar refractivity (Wildman–Crippen MR) is 63.7 cm³/mol. The number of benzene rings is 1. The lowest BCUT2D eigenvalue weighted by atomic mass is 10.1. The minimum absolute atomic E-state index is 0.141. The molecule has 3 N–H and O–H groups in total. The second-order valence-corrected chi connectivity index (χ2v) is 4.34. The molecule has 0 amide bonds. The molecular formula is C11H16BrNO2. The SMILES string of the molecule is C[C@H](NCC(O)CO)c1ccccc1Br. The smallest absolute Gasteiger partial charge is 0.0895 e. The van der Waals surface area contributed by atoms with Gasteiger partial charge in [0.25, 0.3) is 0 Å². The number of nitrogens with one attached hydrogen (secondary N) is 1.